The Labute approximate surface area is 105 Å². The summed E-state index contributed by atoms with van der Waals surface area (Å²) in [5.41, 5.74) is 0. The lowest BCUT2D eigenvalue weighted by Crippen LogP contribution is -2.40. The molecule has 0 aromatic carbocycles. The predicted octanol–water partition coefficient (Wildman–Crippen LogP) is -0.233. The molecule has 106 valence electrons. The molecule has 7 heteroatoms. The Morgan fingerprint density at radius 3 is 2.11 bits per heavy atom. The summed E-state index contributed by atoms with van der Waals surface area (Å²) in [5, 5.41) is 17.3. The standard InChI is InChI=1S/C9H18NO.C2HF3O2/c1-4-7-10(2,3)8-5-6-9-11;3-2(4,5)1(6)7/h1,11H,5-9H2,2-3H3;(H,6,7)/q+1;/p-1. The zero-order chi connectivity index (χ0) is 14.8. The lowest BCUT2D eigenvalue weighted by atomic mass is 10.3. The number of unbranched alkanes of at least 4 members (excludes halogenated alkanes) is 1. The van der Waals surface area contributed by atoms with E-state index in [1.54, 1.807) is 0 Å². The summed E-state index contributed by atoms with van der Waals surface area (Å²) in [5.74, 6) is -0.362. The second-order valence-corrected chi connectivity index (χ2v) is 4.24. The first-order valence-electron chi connectivity index (χ1n) is 5.21. The minimum atomic E-state index is -5.19. The minimum absolute atomic E-state index is 0.288. The molecule has 1 N–H and O–H groups in total. The number of aliphatic hydroxyl groups excluding tert-OH is 1. The molecule has 0 saturated heterocycles. The van der Waals surface area contributed by atoms with Crippen molar-refractivity contribution in [3.63, 3.8) is 0 Å². The first kappa shape index (κ1) is 19.1. The van der Waals surface area contributed by atoms with Gasteiger partial charge in [-0.3, -0.25) is 0 Å². The van der Waals surface area contributed by atoms with Gasteiger partial charge in [-0.1, -0.05) is 0 Å². The van der Waals surface area contributed by atoms with Crippen LogP contribution in [-0.4, -0.2) is 55.5 Å². The number of nitrogens with zero attached hydrogens (tertiary/aromatic N) is 1. The molecule has 0 amide bonds. The Morgan fingerprint density at radius 1 is 1.39 bits per heavy atom. The maximum Gasteiger partial charge on any atom is 0.430 e. The summed E-state index contributed by atoms with van der Waals surface area (Å²) in [6.45, 7) is 2.10. The minimum Gasteiger partial charge on any atom is -0.542 e. The van der Waals surface area contributed by atoms with Crippen molar-refractivity contribution >= 4 is 5.97 Å². The maximum absolute atomic E-state index is 10.5. The number of carbonyl (C=O) groups is 1. The van der Waals surface area contributed by atoms with Gasteiger partial charge in [-0.05, 0) is 18.8 Å². The van der Waals surface area contributed by atoms with E-state index in [1.807, 2.05) is 0 Å². The predicted molar refractivity (Wildman–Crippen MR) is 58.1 cm³/mol. The van der Waals surface area contributed by atoms with E-state index in [0.717, 1.165) is 30.4 Å². The van der Waals surface area contributed by atoms with Crippen LogP contribution in [0.1, 0.15) is 12.8 Å². The normalized spacial score (nSPS) is 11.2. The van der Waals surface area contributed by atoms with Crippen molar-refractivity contribution < 1.29 is 32.7 Å². The monoisotopic (exact) mass is 269 g/mol. The van der Waals surface area contributed by atoms with Gasteiger partial charge in [0.1, 0.15) is 12.5 Å². The second kappa shape index (κ2) is 8.78. The van der Waals surface area contributed by atoms with E-state index in [0.29, 0.717) is 0 Å². The molecular formula is C11H18F3NO3. The molecule has 0 aliphatic heterocycles. The third-order valence-corrected chi connectivity index (χ3v) is 1.92. The van der Waals surface area contributed by atoms with E-state index in [2.05, 4.69) is 20.0 Å². The largest absolute Gasteiger partial charge is 0.542 e. The van der Waals surface area contributed by atoms with Crippen molar-refractivity contribution in [3.05, 3.63) is 0 Å². The molecule has 0 radical (unpaired) electrons. The van der Waals surface area contributed by atoms with Gasteiger partial charge in [-0.2, -0.15) is 13.2 Å². The number of carboxylic acids is 1. The van der Waals surface area contributed by atoms with Crippen LogP contribution in [0.2, 0.25) is 0 Å². The highest BCUT2D eigenvalue weighted by molar-refractivity contribution is 5.70. The van der Waals surface area contributed by atoms with E-state index in [9.17, 15) is 13.2 Å². The van der Waals surface area contributed by atoms with Crippen molar-refractivity contribution in [2.24, 2.45) is 0 Å². The van der Waals surface area contributed by atoms with Crippen LogP contribution in [0, 0.1) is 12.3 Å². The van der Waals surface area contributed by atoms with Gasteiger partial charge >= 0.3 is 6.18 Å². The van der Waals surface area contributed by atoms with E-state index in [-0.39, 0.29) is 6.61 Å². The van der Waals surface area contributed by atoms with Crippen LogP contribution in [0.15, 0.2) is 0 Å². The Kier molecular flexibility index (Phi) is 9.31. The van der Waals surface area contributed by atoms with Crippen molar-refractivity contribution in [1.82, 2.24) is 0 Å². The molecule has 4 nitrogen and oxygen atoms in total. The smallest absolute Gasteiger partial charge is 0.430 e. The van der Waals surface area contributed by atoms with Crippen molar-refractivity contribution in [3.8, 4) is 12.3 Å². The number of hydrogen-bond acceptors (Lipinski definition) is 3. The van der Waals surface area contributed by atoms with E-state index >= 15 is 0 Å². The quantitative estimate of drug-likeness (QED) is 0.426. The number of carboxylic acid groups (broad SMARTS) is 1. The van der Waals surface area contributed by atoms with Crippen LogP contribution in [0.5, 0.6) is 0 Å². The molecule has 0 aliphatic carbocycles. The Hall–Kier alpha value is -1.26. The molecule has 0 atom stereocenters. The van der Waals surface area contributed by atoms with Gasteiger partial charge in [0.2, 0.25) is 0 Å². The average molecular weight is 269 g/mol. The van der Waals surface area contributed by atoms with Crippen molar-refractivity contribution in [2.45, 2.75) is 19.0 Å². The van der Waals surface area contributed by atoms with Crippen molar-refractivity contribution in [2.75, 3.05) is 33.8 Å². The highest BCUT2D eigenvalue weighted by Crippen LogP contribution is 2.11. The van der Waals surface area contributed by atoms with Gasteiger partial charge in [0, 0.05) is 6.61 Å². The molecule has 0 heterocycles. The molecule has 0 aliphatic rings. The van der Waals surface area contributed by atoms with Gasteiger partial charge in [-0.15, -0.1) is 6.42 Å². The first-order chi connectivity index (χ1) is 8.06. The summed E-state index contributed by atoms with van der Waals surface area (Å²) in [6, 6.07) is 0. The molecule has 0 aromatic rings. The lowest BCUT2D eigenvalue weighted by Gasteiger charge is -2.27. The summed E-state index contributed by atoms with van der Waals surface area (Å²) in [7, 11) is 4.22. The van der Waals surface area contributed by atoms with Gasteiger partial charge in [0.05, 0.1) is 20.6 Å². The van der Waals surface area contributed by atoms with Gasteiger partial charge in [0.25, 0.3) is 0 Å². The van der Waals surface area contributed by atoms with Crippen LogP contribution in [0.25, 0.3) is 0 Å². The first-order valence-corrected chi connectivity index (χ1v) is 5.21. The number of aliphatic hydroxyl groups is 1. The Morgan fingerprint density at radius 2 is 1.83 bits per heavy atom. The van der Waals surface area contributed by atoms with Crippen LogP contribution in [-0.2, 0) is 4.79 Å². The molecule has 0 unspecified atom stereocenters. The highest BCUT2D eigenvalue weighted by Gasteiger charge is 2.28. The Bertz CT molecular complexity index is 282. The topological polar surface area (TPSA) is 60.4 Å². The van der Waals surface area contributed by atoms with Crippen LogP contribution < -0.4 is 5.11 Å². The third kappa shape index (κ3) is 12.8. The molecule has 0 rings (SSSR count). The molecule has 0 saturated carbocycles. The average Bonchev–Trinajstić information content (AvgIpc) is 2.17. The van der Waals surface area contributed by atoms with Crippen LogP contribution in [0.3, 0.4) is 0 Å². The maximum atomic E-state index is 10.5. The van der Waals surface area contributed by atoms with Crippen LogP contribution in [0.4, 0.5) is 13.2 Å². The summed E-state index contributed by atoms with van der Waals surface area (Å²) in [4.78, 5) is 8.78. The lowest BCUT2D eigenvalue weighted by molar-refractivity contribution is -0.883. The zero-order valence-electron chi connectivity index (χ0n) is 10.5. The molecule has 0 aromatic heterocycles. The second-order valence-electron chi connectivity index (χ2n) is 4.24. The summed E-state index contributed by atoms with van der Waals surface area (Å²) >= 11 is 0. The van der Waals surface area contributed by atoms with Crippen molar-refractivity contribution in [1.29, 1.82) is 0 Å². The molecule has 18 heavy (non-hydrogen) atoms. The van der Waals surface area contributed by atoms with Crippen LogP contribution >= 0.6 is 0 Å². The highest BCUT2D eigenvalue weighted by atomic mass is 19.4. The number of carbonyl (C=O) groups excluding carboxylic acids is 1. The number of aliphatic carboxylic acids is 1. The molecule has 0 spiro atoms. The number of hydrogen-bond donors (Lipinski definition) is 1. The van der Waals surface area contributed by atoms with E-state index < -0.39 is 12.1 Å². The molecule has 0 fully saturated rings. The number of alkyl halides is 3. The number of terminal acetylenes is 1. The van der Waals surface area contributed by atoms with E-state index in [1.165, 1.54) is 0 Å². The Balaban J connectivity index is 0. The molecule has 0 bridgehead atoms. The summed E-state index contributed by atoms with van der Waals surface area (Å²) < 4.78 is 32.4. The fourth-order valence-corrected chi connectivity index (χ4v) is 0.978. The zero-order valence-corrected chi connectivity index (χ0v) is 10.5. The number of rotatable bonds is 5. The fraction of sp³-hybridized carbons (Fsp3) is 0.727. The fourth-order valence-electron chi connectivity index (χ4n) is 0.978. The van der Waals surface area contributed by atoms with Gasteiger partial charge in [0.15, 0.2) is 0 Å². The SMILES string of the molecule is C#CC[N+](C)(C)CCCCO.O=C([O-])C(F)(F)F. The number of quaternary nitrogens is 1. The van der Waals surface area contributed by atoms with Gasteiger partial charge in [-0.25, -0.2) is 0 Å². The molecular weight excluding hydrogens is 251 g/mol. The van der Waals surface area contributed by atoms with Gasteiger partial charge < -0.3 is 19.5 Å². The number of halogens is 3. The van der Waals surface area contributed by atoms with E-state index in [4.69, 9.17) is 21.4 Å². The summed E-state index contributed by atoms with van der Waals surface area (Å²) in [6.07, 6.45) is 1.94. The third-order valence-electron chi connectivity index (χ3n) is 1.92.